The van der Waals surface area contributed by atoms with Crippen molar-refractivity contribution in [2.24, 2.45) is 0 Å². The molecule has 0 aliphatic rings. The van der Waals surface area contributed by atoms with Crippen LogP contribution in [-0.4, -0.2) is 35.4 Å². The predicted molar refractivity (Wildman–Crippen MR) is 103 cm³/mol. The standard InChI is InChI=1S/C20H23NO4S/c1-2-18(26-17-6-4-3-5-7-17)20(24)21-13-12-15-8-10-16(11-9-15)25-14-19(22)23/h3-11,18H,2,12-14H2,1H3,(H,21,24)(H,22,23). The smallest absolute Gasteiger partial charge is 0.341 e. The lowest BCUT2D eigenvalue weighted by Gasteiger charge is -2.14. The second-order valence-electron chi connectivity index (χ2n) is 5.70. The first-order valence-electron chi connectivity index (χ1n) is 8.51. The highest BCUT2D eigenvalue weighted by Crippen LogP contribution is 2.25. The Hall–Kier alpha value is -2.47. The number of benzene rings is 2. The summed E-state index contributed by atoms with van der Waals surface area (Å²) < 4.78 is 5.10. The molecule has 2 aromatic rings. The normalized spacial score (nSPS) is 11.6. The van der Waals surface area contributed by atoms with Gasteiger partial charge < -0.3 is 15.2 Å². The molecule has 1 atom stereocenters. The van der Waals surface area contributed by atoms with Gasteiger partial charge in [0.15, 0.2) is 6.61 Å². The van der Waals surface area contributed by atoms with Gasteiger partial charge >= 0.3 is 5.97 Å². The van der Waals surface area contributed by atoms with Crippen LogP contribution in [0.1, 0.15) is 18.9 Å². The Labute approximate surface area is 157 Å². The topological polar surface area (TPSA) is 75.6 Å². The molecule has 2 N–H and O–H groups in total. The van der Waals surface area contributed by atoms with Crippen molar-refractivity contribution in [3.05, 3.63) is 60.2 Å². The zero-order valence-corrected chi connectivity index (χ0v) is 15.5. The number of hydrogen-bond acceptors (Lipinski definition) is 4. The van der Waals surface area contributed by atoms with E-state index in [1.807, 2.05) is 49.4 Å². The van der Waals surface area contributed by atoms with E-state index in [2.05, 4.69) is 5.32 Å². The van der Waals surface area contributed by atoms with Gasteiger partial charge in [-0.05, 0) is 42.7 Å². The summed E-state index contributed by atoms with van der Waals surface area (Å²) in [6, 6.07) is 17.1. The van der Waals surface area contributed by atoms with E-state index in [1.54, 1.807) is 23.9 Å². The van der Waals surface area contributed by atoms with Crippen molar-refractivity contribution in [1.29, 1.82) is 0 Å². The van der Waals surface area contributed by atoms with Crippen molar-refractivity contribution in [2.45, 2.75) is 29.9 Å². The van der Waals surface area contributed by atoms with Crippen LogP contribution >= 0.6 is 11.8 Å². The van der Waals surface area contributed by atoms with Crippen LogP contribution in [0.25, 0.3) is 0 Å². The molecular formula is C20H23NO4S. The first-order chi connectivity index (χ1) is 12.6. The SMILES string of the molecule is CCC(Sc1ccccc1)C(=O)NCCc1ccc(OCC(=O)O)cc1. The van der Waals surface area contributed by atoms with Crippen molar-refractivity contribution in [3.63, 3.8) is 0 Å². The molecule has 26 heavy (non-hydrogen) atoms. The minimum absolute atomic E-state index is 0.0442. The van der Waals surface area contributed by atoms with Crippen LogP contribution in [0, 0.1) is 0 Å². The van der Waals surface area contributed by atoms with Gasteiger partial charge in [-0.15, -0.1) is 11.8 Å². The molecule has 2 rings (SSSR count). The zero-order valence-electron chi connectivity index (χ0n) is 14.7. The molecule has 0 bridgehead atoms. The van der Waals surface area contributed by atoms with E-state index in [-0.39, 0.29) is 17.8 Å². The molecule has 2 aromatic carbocycles. The summed E-state index contributed by atoms with van der Waals surface area (Å²) in [6.45, 7) is 2.21. The molecule has 5 nitrogen and oxygen atoms in total. The molecule has 6 heteroatoms. The minimum Gasteiger partial charge on any atom is -0.482 e. The fourth-order valence-electron chi connectivity index (χ4n) is 2.33. The molecule has 0 heterocycles. The maximum atomic E-state index is 12.4. The summed E-state index contributed by atoms with van der Waals surface area (Å²) in [5, 5.41) is 11.5. The van der Waals surface area contributed by atoms with E-state index in [0.29, 0.717) is 18.7 Å². The highest BCUT2D eigenvalue weighted by atomic mass is 32.2. The summed E-state index contributed by atoms with van der Waals surface area (Å²) in [7, 11) is 0. The van der Waals surface area contributed by atoms with Gasteiger partial charge in [0.05, 0.1) is 5.25 Å². The quantitative estimate of drug-likeness (QED) is 0.625. The summed E-state index contributed by atoms with van der Waals surface area (Å²) in [6.07, 6.45) is 1.47. The van der Waals surface area contributed by atoms with Gasteiger partial charge in [0.1, 0.15) is 5.75 Å². The molecule has 0 aliphatic carbocycles. The molecule has 0 saturated heterocycles. The van der Waals surface area contributed by atoms with Gasteiger partial charge in [-0.25, -0.2) is 4.79 Å². The van der Waals surface area contributed by atoms with Gasteiger partial charge in [0, 0.05) is 11.4 Å². The Kier molecular flexibility index (Phi) is 8.02. The third-order valence-electron chi connectivity index (χ3n) is 3.68. The Morgan fingerprint density at radius 2 is 1.81 bits per heavy atom. The summed E-state index contributed by atoms with van der Waals surface area (Å²) in [5.41, 5.74) is 1.05. The van der Waals surface area contributed by atoms with Crippen molar-refractivity contribution in [3.8, 4) is 5.75 Å². The Morgan fingerprint density at radius 3 is 2.42 bits per heavy atom. The number of rotatable bonds is 10. The van der Waals surface area contributed by atoms with Crippen molar-refractivity contribution >= 4 is 23.6 Å². The molecule has 1 unspecified atom stereocenters. The fourth-order valence-corrected chi connectivity index (χ4v) is 3.33. The van der Waals surface area contributed by atoms with Crippen LogP contribution in [0.2, 0.25) is 0 Å². The largest absolute Gasteiger partial charge is 0.482 e. The number of nitrogens with one attached hydrogen (secondary N) is 1. The van der Waals surface area contributed by atoms with Crippen LogP contribution in [0.3, 0.4) is 0 Å². The number of amides is 1. The highest BCUT2D eigenvalue weighted by molar-refractivity contribution is 8.00. The molecular weight excluding hydrogens is 350 g/mol. The summed E-state index contributed by atoms with van der Waals surface area (Å²) >= 11 is 1.58. The molecule has 0 aliphatic heterocycles. The minimum atomic E-state index is -1.00. The molecule has 1 amide bonds. The van der Waals surface area contributed by atoms with E-state index in [9.17, 15) is 9.59 Å². The molecule has 0 radical (unpaired) electrons. The number of aliphatic carboxylic acids is 1. The third-order valence-corrected chi connectivity index (χ3v) is 5.06. The number of thioether (sulfide) groups is 1. The Bertz CT molecular complexity index is 704. The maximum Gasteiger partial charge on any atom is 0.341 e. The molecule has 0 saturated carbocycles. The van der Waals surface area contributed by atoms with Gasteiger partial charge in [0.2, 0.25) is 5.91 Å². The maximum absolute atomic E-state index is 12.4. The number of carbonyl (C=O) groups excluding carboxylic acids is 1. The van der Waals surface area contributed by atoms with Gasteiger partial charge in [0.25, 0.3) is 0 Å². The lowest BCUT2D eigenvalue weighted by atomic mass is 10.1. The van der Waals surface area contributed by atoms with Gasteiger partial charge in [-0.1, -0.05) is 37.3 Å². The van der Waals surface area contributed by atoms with Crippen LogP contribution in [-0.2, 0) is 16.0 Å². The first kappa shape index (κ1) is 19.8. The highest BCUT2D eigenvalue weighted by Gasteiger charge is 2.17. The second kappa shape index (κ2) is 10.5. The van der Waals surface area contributed by atoms with Crippen LogP contribution in [0.5, 0.6) is 5.75 Å². The third kappa shape index (κ3) is 6.80. The van der Waals surface area contributed by atoms with Crippen LogP contribution in [0.15, 0.2) is 59.5 Å². The zero-order chi connectivity index (χ0) is 18.8. The molecule has 138 valence electrons. The number of ether oxygens (including phenoxy) is 1. The average Bonchev–Trinajstić information content (AvgIpc) is 2.66. The summed E-state index contributed by atoms with van der Waals surface area (Å²) in [5.74, 6) is -0.441. The van der Waals surface area contributed by atoms with Gasteiger partial charge in [-0.3, -0.25) is 4.79 Å². The average molecular weight is 373 g/mol. The van der Waals surface area contributed by atoms with E-state index in [1.165, 1.54) is 0 Å². The van der Waals surface area contributed by atoms with Crippen LogP contribution < -0.4 is 10.1 Å². The van der Waals surface area contributed by atoms with Crippen molar-refractivity contribution < 1.29 is 19.4 Å². The first-order valence-corrected chi connectivity index (χ1v) is 9.39. The monoisotopic (exact) mass is 373 g/mol. The van der Waals surface area contributed by atoms with E-state index in [4.69, 9.17) is 9.84 Å². The number of carboxylic acid groups (broad SMARTS) is 1. The Morgan fingerprint density at radius 1 is 1.12 bits per heavy atom. The van der Waals surface area contributed by atoms with Crippen molar-refractivity contribution in [2.75, 3.05) is 13.2 Å². The van der Waals surface area contributed by atoms with E-state index in [0.717, 1.165) is 16.9 Å². The Balaban J connectivity index is 1.77. The lowest BCUT2D eigenvalue weighted by molar-refractivity contribution is -0.139. The molecule has 0 spiro atoms. The van der Waals surface area contributed by atoms with Gasteiger partial charge in [-0.2, -0.15) is 0 Å². The van der Waals surface area contributed by atoms with E-state index < -0.39 is 5.97 Å². The number of carboxylic acids is 1. The van der Waals surface area contributed by atoms with Crippen LogP contribution in [0.4, 0.5) is 0 Å². The number of hydrogen-bond donors (Lipinski definition) is 2. The second-order valence-corrected chi connectivity index (χ2v) is 6.97. The fraction of sp³-hybridized carbons (Fsp3) is 0.300. The lowest BCUT2D eigenvalue weighted by Crippen LogP contribution is -2.33. The van der Waals surface area contributed by atoms with Crippen molar-refractivity contribution in [1.82, 2.24) is 5.32 Å². The summed E-state index contributed by atoms with van der Waals surface area (Å²) in [4.78, 5) is 23.9. The number of carbonyl (C=O) groups is 2. The molecule has 0 aromatic heterocycles. The predicted octanol–water partition coefficient (Wildman–Crippen LogP) is 3.38. The molecule has 0 fully saturated rings. The van der Waals surface area contributed by atoms with E-state index >= 15 is 0 Å².